The SMILES string of the molecule is COc1cccc2c1C(=O)N(c1ccccc1C(F)(F)F)CC2. The summed E-state index contributed by atoms with van der Waals surface area (Å²) in [7, 11) is 1.44. The normalized spacial score (nSPS) is 14.6. The number of carbonyl (C=O) groups is 1. The molecule has 3 nitrogen and oxygen atoms in total. The molecule has 0 spiro atoms. The van der Waals surface area contributed by atoms with Crippen molar-refractivity contribution in [1.82, 2.24) is 0 Å². The van der Waals surface area contributed by atoms with E-state index >= 15 is 0 Å². The van der Waals surface area contributed by atoms with E-state index in [0.717, 1.165) is 11.6 Å². The highest BCUT2D eigenvalue weighted by molar-refractivity contribution is 6.10. The third kappa shape index (κ3) is 2.65. The van der Waals surface area contributed by atoms with Crippen LogP contribution in [-0.2, 0) is 12.6 Å². The number of hydrogen-bond donors (Lipinski definition) is 0. The highest BCUT2D eigenvalue weighted by Crippen LogP contribution is 2.39. The summed E-state index contributed by atoms with van der Waals surface area (Å²) in [5.41, 5.74) is 0.182. The number of alkyl halides is 3. The Kier molecular flexibility index (Phi) is 3.75. The van der Waals surface area contributed by atoms with E-state index in [0.29, 0.717) is 17.7 Å². The zero-order valence-electron chi connectivity index (χ0n) is 12.4. The Morgan fingerprint density at radius 3 is 2.52 bits per heavy atom. The standard InChI is InChI=1S/C17H14F3NO2/c1-23-14-8-4-5-11-9-10-21(16(22)15(11)14)13-7-3-2-6-12(13)17(18,19)20/h2-8H,9-10H2,1H3. The van der Waals surface area contributed by atoms with E-state index in [2.05, 4.69) is 0 Å². The summed E-state index contributed by atoms with van der Waals surface area (Å²) >= 11 is 0. The molecular weight excluding hydrogens is 307 g/mol. The van der Waals surface area contributed by atoms with Crippen molar-refractivity contribution in [1.29, 1.82) is 0 Å². The van der Waals surface area contributed by atoms with Gasteiger partial charge in [-0.25, -0.2) is 0 Å². The predicted octanol–water partition coefficient (Wildman–Crippen LogP) is 3.92. The molecule has 6 heteroatoms. The summed E-state index contributed by atoms with van der Waals surface area (Å²) < 4.78 is 44.8. The van der Waals surface area contributed by atoms with Crippen molar-refractivity contribution in [2.45, 2.75) is 12.6 Å². The largest absolute Gasteiger partial charge is 0.496 e. The van der Waals surface area contributed by atoms with Gasteiger partial charge in [0, 0.05) is 6.54 Å². The Balaban J connectivity index is 2.09. The molecule has 0 N–H and O–H groups in total. The fraction of sp³-hybridized carbons (Fsp3) is 0.235. The number of ether oxygens (including phenoxy) is 1. The van der Waals surface area contributed by atoms with Crippen LogP contribution in [0, 0.1) is 0 Å². The van der Waals surface area contributed by atoms with E-state index in [-0.39, 0.29) is 12.2 Å². The smallest absolute Gasteiger partial charge is 0.418 e. The summed E-state index contributed by atoms with van der Waals surface area (Å²) in [6.07, 6.45) is -4.04. The van der Waals surface area contributed by atoms with Crippen LogP contribution in [0.5, 0.6) is 5.75 Å². The summed E-state index contributed by atoms with van der Waals surface area (Å²) in [5, 5.41) is 0. The molecule has 0 fully saturated rings. The van der Waals surface area contributed by atoms with E-state index in [4.69, 9.17) is 4.74 Å². The maximum absolute atomic E-state index is 13.2. The van der Waals surface area contributed by atoms with Crippen LogP contribution < -0.4 is 9.64 Å². The minimum Gasteiger partial charge on any atom is -0.496 e. The lowest BCUT2D eigenvalue weighted by Gasteiger charge is -2.31. The molecule has 0 aromatic heterocycles. The minimum absolute atomic E-state index is 0.124. The number of nitrogens with zero attached hydrogens (tertiary/aromatic N) is 1. The molecule has 1 heterocycles. The number of fused-ring (bicyclic) bond motifs is 1. The van der Waals surface area contributed by atoms with Gasteiger partial charge in [0.15, 0.2) is 0 Å². The molecule has 0 bridgehead atoms. The van der Waals surface area contributed by atoms with Crippen molar-refractivity contribution in [2.24, 2.45) is 0 Å². The second-order valence-electron chi connectivity index (χ2n) is 5.22. The second-order valence-corrected chi connectivity index (χ2v) is 5.22. The molecule has 0 radical (unpaired) electrons. The quantitative estimate of drug-likeness (QED) is 0.839. The topological polar surface area (TPSA) is 29.5 Å². The van der Waals surface area contributed by atoms with Crippen LogP contribution in [0.25, 0.3) is 0 Å². The van der Waals surface area contributed by atoms with Crippen molar-refractivity contribution in [3.05, 3.63) is 59.2 Å². The first kappa shape index (κ1) is 15.4. The Morgan fingerprint density at radius 2 is 1.83 bits per heavy atom. The van der Waals surface area contributed by atoms with Crippen molar-refractivity contribution in [3.8, 4) is 5.75 Å². The molecule has 1 aliphatic heterocycles. The van der Waals surface area contributed by atoms with Gasteiger partial charge in [-0.1, -0.05) is 24.3 Å². The molecule has 2 aromatic carbocycles. The maximum atomic E-state index is 13.2. The lowest BCUT2D eigenvalue weighted by atomic mass is 9.96. The number of halogens is 3. The second kappa shape index (κ2) is 5.61. The minimum atomic E-state index is -4.52. The number of carbonyl (C=O) groups excluding carboxylic acids is 1. The Bertz CT molecular complexity index is 741. The average Bonchev–Trinajstić information content (AvgIpc) is 2.54. The van der Waals surface area contributed by atoms with Gasteiger partial charge in [0.25, 0.3) is 5.91 Å². The Hall–Kier alpha value is -2.50. The number of rotatable bonds is 2. The van der Waals surface area contributed by atoms with Crippen molar-refractivity contribution in [2.75, 3.05) is 18.6 Å². The lowest BCUT2D eigenvalue weighted by Crippen LogP contribution is -2.39. The first-order valence-corrected chi connectivity index (χ1v) is 7.07. The van der Waals surface area contributed by atoms with E-state index in [9.17, 15) is 18.0 Å². The van der Waals surface area contributed by atoms with Gasteiger partial charge in [0.2, 0.25) is 0 Å². The third-order valence-corrected chi connectivity index (χ3v) is 3.90. The third-order valence-electron chi connectivity index (χ3n) is 3.90. The molecule has 0 unspecified atom stereocenters. The number of benzene rings is 2. The van der Waals surface area contributed by atoms with Gasteiger partial charge in [-0.2, -0.15) is 13.2 Å². The molecule has 2 aromatic rings. The number of hydrogen-bond acceptors (Lipinski definition) is 2. The highest BCUT2D eigenvalue weighted by Gasteiger charge is 2.37. The van der Waals surface area contributed by atoms with Crippen LogP contribution in [0.1, 0.15) is 21.5 Å². The molecule has 0 atom stereocenters. The number of para-hydroxylation sites is 1. The van der Waals surface area contributed by atoms with Gasteiger partial charge in [-0.15, -0.1) is 0 Å². The van der Waals surface area contributed by atoms with Crippen LogP contribution >= 0.6 is 0 Å². The molecule has 1 aliphatic rings. The van der Waals surface area contributed by atoms with Gasteiger partial charge in [-0.3, -0.25) is 4.79 Å². The van der Waals surface area contributed by atoms with Gasteiger partial charge >= 0.3 is 6.18 Å². The van der Waals surface area contributed by atoms with E-state index in [1.54, 1.807) is 18.2 Å². The van der Waals surface area contributed by atoms with Crippen LogP contribution in [0.4, 0.5) is 18.9 Å². The zero-order valence-corrected chi connectivity index (χ0v) is 12.4. The van der Waals surface area contributed by atoms with Gasteiger partial charge < -0.3 is 9.64 Å². The van der Waals surface area contributed by atoms with E-state index < -0.39 is 17.6 Å². The first-order valence-electron chi connectivity index (χ1n) is 7.07. The fourth-order valence-corrected chi connectivity index (χ4v) is 2.85. The number of amides is 1. The van der Waals surface area contributed by atoms with Crippen molar-refractivity contribution < 1.29 is 22.7 Å². The summed E-state index contributed by atoms with van der Waals surface area (Å²) in [5.74, 6) is -0.0953. The van der Waals surface area contributed by atoms with E-state index in [1.165, 1.54) is 30.2 Å². The first-order chi connectivity index (χ1) is 10.9. The van der Waals surface area contributed by atoms with Crippen molar-refractivity contribution >= 4 is 11.6 Å². The molecule has 0 aliphatic carbocycles. The maximum Gasteiger partial charge on any atom is 0.418 e. The molecule has 3 rings (SSSR count). The van der Waals surface area contributed by atoms with E-state index in [1.807, 2.05) is 0 Å². The summed E-state index contributed by atoms with van der Waals surface area (Å²) in [6, 6.07) is 10.3. The fourth-order valence-electron chi connectivity index (χ4n) is 2.85. The molecule has 0 saturated carbocycles. The van der Waals surface area contributed by atoms with Gasteiger partial charge in [-0.05, 0) is 30.2 Å². The van der Waals surface area contributed by atoms with Crippen LogP contribution in [0.15, 0.2) is 42.5 Å². The van der Waals surface area contributed by atoms with Gasteiger partial charge in [0.05, 0.1) is 23.9 Å². The highest BCUT2D eigenvalue weighted by atomic mass is 19.4. The number of anilines is 1. The number of methoxy groups -OCH3 is 1. The average molecular weight is 321 g/mol. The molecule has 120 valence electrons. The molecule has 1 amide bonds. The summed E-state index contributed by atoms with van der Waals surface area (Å²) in [4.78, 5) is 13.9. The molecule has 23 heavy (non-hydrogen) atoms. The Labute approximate surface area is 131 Å². The molecular formula is C17H14F3NO2. The van der Waals surface area contributed by atoms with Crippen LogP contribution in [0.2, 0.25) is 0 Å². The summed E-state index contributed by atoms with van der Waals surface area (Å²) in [6.45, 7) is 0.200. The van der Waals surface area contributed by atoms with Crippen molar-refractivity contribution in [3.63, 3.8) is 0 Å². The van der Waals surface area contributed by atoms with Gasteiger partial charge in [0.1, 0.15) is 5.75 Å². The molecule has 0 saturated heterocycles. The predicted molar refractivity (Wildman–Crippen MR) is 79.8 cm³/mol. The van der Waals surface area contributed by atoms with Crippen LogP contribution in [0.3, 0.4) is 0 Å². The van der Waals surface area contributed by atoms with Crippen LogP contribution in [-0.4, -0.2) is 19.6 Å². The zero-order chi connectivity index (χ0) is 16.6. The lowest BCUT2D eigenvalue weighted by molar-refractivity contribution is -0.137. The monoisotopic (exact) mass is 321 g/mol. The Morgan fingerprint density at radius 1 is 1.09 bits per heavy atom.